The van der Waals surface area contributed by atoms with Crippen molar-refractivity contribution in [1.29, 1.82) is 0 Å². The molecule has 2 N–H and O–H groups in total. The average molecular weight is 210 g/mol. The van der Waals surface area contributed by atoms with E-state index in [-0.39, 0.29) is 12.1 Å². The van der Waals surface area contributed by atoms with Crippen LogP contribution in [0.4, 0.5) is 5.95 Å². The second-order valence-corrected chi connectivity index (χ2v) is 3.26. The SMILES string of the molecule is CCc1nc(N)nc(C2COCCO2)n1. The smallest absolute Gasteiger partial charge is 0.223 e. The Labute approximate surface area is 87.8 Å². The maximum Gasteiger partial charge on any atom is 0.223 e. The Balaban J connectivity index is 2.22. The molecule has 1 aliphatic heterocycles. The number of nitrogen functional groups attached to an aromatic ring is 1. The number of anilines is 1. The van der Waals surface area contributed by atoms with Crippen molar-refractivity contribution in [3.05, 3.63) is 11.6 Å². The summed E-state index contributed by atoms with van der Waals surface area (Å²) in [4.78, 5) is 12.3. The highest BCUT2D eigenvalue weighted by molar-refractivity contribution is 5.17. The Morgan fingerprint density at radius 3 is 2.87 bits per heavy atom. The summed E-state index contributed by atoms with van der Waals surface area (Å²) in [6.45, 7) is 3.64. The molecule has 1 aromatic heterocycles. The van der Waals surface area contributed by atoms with Crippen LogP contribution in [0.1, 0.15) is 24.7 Å². The summed E-state index contributed by atoms with van der Waals surface area (Å²) in [5, 5.41) is 0. The van der Waals surface area contributed by atoms with Crippen LogP contribution in [0.25, 0.3) is 0 Å². The van der Waals surface area contributed by atoms with Gasteiger partial charge in [0.05, 0.1) is 19.8 Å². The van der Waals surface area contributed by atoms with Crippen LogP contribution < -0.4 is 5.73 Å². The van der Waals surface area contributed by atoms with Crippen LogP contribution in [0.3, 0.4) is 0 Å². The zero-order valence-corrected chi connectivity index (χ0v) is 8.64. The number of ether oxygens (including phenoxy) is 2. The van der Waals surface area contributed by atoms with E-state index < -0.39 is 0 Å². The van der Waals surface area contributed by atoms with Gasteiger partial charge in [-0.25, -0.2) is 4.98 Å². The van der Waals surface area contributed by atoms with E-state index in [9.17, 15) is 0 Å². The molecule has 1 aromatic rings. The van der Waals surface area contributed by atoms with Gasteiger partial charge in [-0.3, -0.25) is 0 Å². The lowest BCUT2D eigenvalue weighted by molar-refractivity contribution is -0.0936. The van der Waals surface area contributed by atoms with Gasteiger partial charge in [-0.1, -0.05) is 6.92 Å². The van der Waals surface area contributed by atoms with Crippen LogP contribution in [-0.2, 0) is 15.9 Å². The van der Waals surface area contributed by atoms with Gasteiger partial charge in [-0.05, 0) is 0 Å². The van der Waals surface area contributed by atoms with Crippen LogP contribution in [0.2, 0.25) is 0 Å². The van der Waals surface area contributed by atoms with Gasteiger partial charge < -0.3 is 15.2 Å². The highest BCUT2D eigenvalue weighted by Crippen LogP contribution is 2.17. The van der Waals surface area contributed by atoms with Gasteiger partial charge in [-0.15, -0.1) is 0 Å². The predicted octanol–water partition coefficient (Wildman–Crippen LogP) is 0.104. The first kappa shape index (κ1) is 10.3. The minimum atomic E-state index is -0.214. The molecular formula is C9H14N4O2. The fourth-order valence-electron chi connectivity index (χ4n) is 1.40. The largest absolute Gasteiger partial charge is 0.376 e. The molecule has 0 bridgehead atoms. The zero-order valence-electron chi connectivity index (χ0n) is 8.64. The van der Waals surface area contributed by atoms with Gasteiger partial charge >= 0.3 is 0 Å². The topological polar surface area (TPSA) is 83.2 Å². The first-order valence-corrected chi connectivity index (χ1v) is 4.99. The molecule has 1 unspecified atom stereocenters. The number of nitrogens with zero attached hydrogens (tertiary/aromatic N) is 3. The number of hydrogen-bond donors (Lipinski definition) is 1. The van der Waals surface area contributed by atoms with Crippen LogP contribution in [0, 0.1) is 0 Å². The first-order valence-electron chi connectivity index (χ1n) is 4.99. The molecule has 2 rings (SSSR count). The first-order chi connectivity index (χ1) is 7.29. The third-order valence-corrected chi connectivity index (χ3v) is 2.14. The molecular weight excluding hydrogens is 196 g/mol. The van der Waals surface area contributed by atoms with E-state index in [4.69, 9.17) is 15.2 Å². The Bertz CT molecular complexity index is 339. The third-order valence-electron chi connectivity index (χ3n) is 2.14. The van der Waals surface area contributed by atoms with Gasteiger partial charge in [0.15, 0.2) is 5.82 Å². The summed E-state index contributed by atoms with van der Waals surface area (Å²) >= 11 is 0. The van der Waals surface area contributed by atoms with Crippen molar-refractivity contribution >= 4 is 5.95 Å². The number of rotatable bonds is 2. The fourth-order valence-corrected chi connectivity index (χ4v) is 1.40. The monoisotopic (exact) mass is 210 g/mol. The quantitative estimate of drug-likeness (QED) is 0.745. The molecule has 1 saturated heterocycles. The van der Waals surface area contributed by atoms with Crippen molar-refractivity contribution in [2.75, 3.05) is 25.6 Å². The van der Waals surface area contributed by atoms with Crippen LogP contribution >= 0.6 is 0 Å². The molecule has 2 heterocycles. The van der Waals surface area contributed by atoms with Crippen molar-refractivity contribution in [3.8, 4) is 0 Å². The van der Waals surface area contributed by atoms with Crippen molar-refractivity contribution < 1.29 is 9.47 Å². The molecule has 0 saturated carbocycles. The second kappa shape index (κ2) is 4.50. The molecule has 6 heteroatoms. The molecule has 1 aliphatic rings. The van der Waals surface area contributed by atoms with Gasteiger partial charge in [0, 0.05) is 6.42 Å². The van der Waals surface area contributed by atoms with Gasteiger partial charge in [0.2, 0.25) is 5.95 Å². The van der Waals surface area contributed by atoms with Gasteiger partial charge in [-0.2, -0.15) is 9.97 Å². The summed E-state index contributed by atoms with van der Waals surface area (Å²) in [6, 6.07) is 0. The molecule has 0 spiro atoms. The lowest BCUT2D eigenvalue weighted by Crippen LogP contribution is -2.24. The molecule has 82 valence electrons. The summed E-state index contributed by atoms with van der Waals surface area (Å²) < 4.78 is 10.8. The minimum absolute atomic E-state index is 0.214. The normalized spacial score (nSPS) is 21.5. The second-order valence-electron chi connectivity index (χ2n) is 3.26. The summed E-state index contributed by atoms with van der Waals surface area (Å²) in [6.07, 6.45) is 0.516. The maximum absolute atomic E-state index is 5.58. The van der Waals surface area contributed by atoms with Crippen LogP contribution in [0.15, 0.2) is 0 Å². The molecule has 0 amide bonds. The van der Waals surface area contributed by atoms with Crippen molar-refractivity contribution in [2.24, 2.45) is 0 Å². The molecule has 0 radical (unpaired) electrons. The van der Waals surface area contributed by atoms with Crippen molar-refractivity contribution in [1.82, 2.24) is 15.0 Å². The lowest BCUT2D eigenvalue weighted by atomic mass is 10.3. The Kier molecular flexibility index (Phi) is 3.08. The number of aryl methyl sites for hydroxylation is 1. The van der Waals surface area contributed by atoms with E-state index in [2.05, 4.69) is 15.0 Å². The highest BCUT2D eigenvalue weighted by atomic mass is 16.6. The van der Waals surface area contributed by atoms with E-state index in [1.54, 1.807) is 0 Å². The Morgan fingerprint density at radius 2 is 2.20 bits per heavy atom. The van der Waals surface area contributed by atoms with E-state index in [1.807, 2.05) is 6.92 Å². The van der Waals surface area contributed by atoms with Crippen molar-refractivity contribution in [3.63, 3.8) is 0 Å². The summed E-state index contributed by atoms with van der Waals surface area (Å²) in [5.41, 5.74) is 5.58. The number of aromatic nitrogens is 3. The zero-order chi connectivity index (χ0) is 10.7. The van der Waals surface area contributed by atoms with E-state index in [1.165, 1.54) is 0 Å². The average Bonchev–Trinajstić information content (AvgIpc) is 2.29. The molecule has 1 atom stereocenters. The molecule has 0 aliphatic carbocycles. The third kappa shape index (κ3) is 2.40. The van der Waals surface area contributed by atoms with Gasteiger partial charge in [0.25, 0.3) is 0 Å². The van der Waals surface area contributed by atoms with Crippen molar-refractivity contribution in [2.45, 2.75) is 19.4 Å². The van der Waals surface area contributed by atoms with Crippen LogP contribution in [-0.4, -0.2) is 34.8 Å². The summed E-state index contributed by atoms with van der Waals surface area (Å²) in [7, 11) is 0. The predicted molar refractivity (Wildman–Crippen MR) is 53.1 cm³/mol. The summed E-state index contributed by atoms with van der Waals surface area (Å²) in [5.74, 6) is 1.50. The van der Waals surface area contributed by atoms with Crippen LogP contribution in [0.5, 0.6) is 0 Å². The molecule has 15 heavy (non-hydrogen) atoms. The standard InChI is InChI=1S/C9H14N4O2/c1-2-7-11-8(13-9(10)12-7)6-5-14-3-4-15-6/h6H,2-5H2,1H3,(H2,10,11,12,13). The van der Waals surface area contributed by atoms with Gasteiger partial charge in [0.1, 0.15) is 11.9 Å². The maximum atomic E-state index is 5.58. The molecule has 1 fully saturated rings. The number of nitrogens with two attached hydrogens (primary N) is 1. The minimum Gasteiger partial charge on any atom is -0.376 e. The Morgan fingerprint density at radius 1 is 1.33 bits per heavy atom. The Hall–Kier alpha value is -1.27. The lowest BCUT2D eigenvalue weighted by Gasteiger charge is -2.21. The van der Waals surface area contributed by atoms with E-state index in [0.717, 1.165) is 6.42 Å². The molecule has 0 aromatic carbocycles. The van der Waals surface area contributed by atoms with E-state index >= 15 is 0 Å². The van der Waals surface area contributed by atoms with E-state index in [0.29, 0.717) is 31.5 Å². The highest BCUT2D eigenvalue weighted by Gasteiger charge is 2.20. The molecule has 6 nitrogen and oxygen atoms in total. The number of hydrogen-bond acceptors (Lipinski definition) is 6. The fraction of sp³-hybridized carbons (Fsp3) is 0.667.